The van der Waals surface area contributed by atoms with Crippen molar-refractivity contribution in [2.45, 2.75) is 45.1 Å². The Hall–Kier alpha value is -2.33. The van der Waals surface area contributed by atoms with Gasteiger partial charge in [0.05, 0.1) is 14.2 Å². The number of rotatable bonds is 10. The van der Waals surface area contributed by atoms with Gasteiger partial charge in [0.25, 0.3) is 0 Å². The van der Waals surface area contributed by atoms with Gasteiger partial charge in [0.15, 0.2) is 11.5 Å². The topological polar surface area (TPSA) is 61.5 Å². The van der Waals surface area contributed by atoms with Crippen LogP contribution in [0.4, 0.5) is 0 Å². The molecule has 140 valence electrons. The summed E-state index contributed by atoms with van der Waals surface area (Å²) in [6.07, 6.45) is 3.31. The number of ether oxygens (including phenoxy) is 2. The normalized spacial score (nSPS) is 11.8. The van der Waals surface area contributed by atoms with Gasteiger partial charge in [-0.25, -0.2) is 0 Å². The Morgan fingerprint density at radius 2 is 1.62 bits per heavy atom. The lowest BCUT2D eigenvalue weighted by atomic mass is 9.98. The van der Waals surface area contributed by atoms with Crippen LogP contribution >= 0.6 is 0 Å². The maximum Gasteiger partial charge on any atom is 0.160 e. The van der Waals surface area contributed by atoms with E-state index in [-0.39, 0.29) is 11.8 Å². The molecule has 2 rings (SSSR count). The standard InChI is InChI=1S/C22H29NO3/c1-16-4-6-17(7-5-16)8-11-20(24)12-10-19(23)14-18-9-13-21(25-2)22(15-18)26-3/h4-7,9,13,15,19H,8,10-12,14,23H2,1-3H3. The van der Waals surface area contributed by atoms with E-state index in [2.05, 4.69) is 31.2 Å². The molecule has 0 aliphatic heterocycles. The fraction of sp³-hybridized carbons (Fsp3) is 0.409. The number of hydrogen-bond donors (Lipinski definition) is 1. The Bertz CT molecular complexity index is 710. The first-order valence-electron chi connectivity index (χ1n) is 9.05. The smallest absolute Gasteiger partial charge is 0.160 e. The van der Waals surface area contributed by atoms with Crippen LogP contribution in [0.5, 0.6) is 11.5 Å². The lowest BCUT2D eigenvalue weighted by Crippen LogP contribution is -2.24. The zero-order valence-corrected chi connectivity index (χ0v) is 16.0. The second kappa shape index (κ2) is 9.97. The SMILES string of the molecule is COc1ccc(CC(N)CCC(=O)CCc2ccc(C)cc2)cc1OC. The summed E-state index contributed by atoms with van der Waals surface area (Å²) >= 11 is 0. The molecular formula is C22H29NO3. The Morgan fingerprint density at radius 3 is 2.27 bits per heavy atom. The first-order chi connectivity index (χ1) is 12.5. The Kier molecular flexibility index (Phi) is 7.67. The third-order valence-corrected chi connectivity index (χ3v) is 4.55. The van der Waals surface area contributed by atoms with Crippen molar-refractivity contribution < 1.29 is 14.3 Å². The van der Waals surface area contributed by atoms with Crippen molar-refractivity contribution in [3.8, 4) is 11.5 Å². The summed E-state index contributed by atoms with van der Waals surface area (Å²) in [5, 5.41) is 0. The quantitative estimate of drug-likeness (QED) is 0.703. The van der Waals surface area contributed by atoms with E-state index in [0.29, 0.717) is 37.2 Å². The molecule has 2 aromatic carbocycles. The van der Waals surface area contributed by atoms with Crippen LogP contribution in [0.25, 0.3) is 0 Å². The van der Waals surface area contributed by atoms with Crippen LogP contribution in [0.15, 0.2) is 42.5 Å². The van der Waals surface area contributed by atoms with Gasteiger partial charge in [0.1, 0.15) is 5.78 Å². The minimum absolute atomic E-state index is 0.0450. The van der Waals surface area contributed by atoms with E-state index >= 15 is 0 Å². The number of nitrogens with two attached hydrogens (primary N) is 1. The molecule has 0 fully saturated rings. The summed E-state index contributed by atoms with van der Waals surface area (Å²) in [6.45, 7) is 2.06. The monoisotopic (exact) mass is 355 g/mol. The molecule has 0 bridgehead atoms. The van der Waals surface area contributed by atoms with Gasteiger partial charge in [-0.3, -0.25) is 4.79 Å². The second-order valence-electron chi connectivity index (χ2n) is 6.72. The summed E-state index contributed by atoms with van der Waals surface area (Å²) in [7, 11) is 3.24. The molecule has 4 heteroatoms. The summed E-state index contributed by atoms with van der Waals surface area (Å²) in [5.74, 6) is 1.68. The highest BCUT2D eigenvalue weighted by Crippen LogP contribution is 2.28. The number of benzene rings is 2. The van der Waals surface area contributed by atoms with E-state index in [0.717, 1.165) is 12.0 Å². The average molecular weight is 355 g/mol. The molecule has 1 unspecified atom stereocenters. The van der Waals surface area contributed by atoms with Gasteiger partial charge in [-0.2, -0.15) is 0 Å². The molecule has 0 amide bonds. The fourth-order valence-corrected chi connectivity index (χ4v) is 2.92. The summed E-state index contributed by atoms with van der Waals surface area (Å²) < 4.78 is 10.6. The first kappa shape index (κ1) is 20.0. The van der Waals surface area contributed by atoms with E-state index in [1.54, 1.807) is 14.2 Å². The average Bonchev–Trinajstić information content (AvgIpc) is 2.65. The van der Waals surface area contributed by atoms with Crippen LogP contribution in [0.3, 0.4) is 0 Å². The molecule has 0 spiro atoms. The molecule has 0 aromatic heterocycles. The lowest BCUT2D eigenvalue weighted by Gasteiger charge is -2.13. The molecule has 0 heterocycles. The van der Waals surface area contributed by atoms with Crippen molar-refractivity contribution in [3.05, 3.63) is 59.2 Å². The molecule has 0 saturated heterocycles. The highest BCUT2D eigenvalue weighted by molar-refractivity contribution is 5.78. The number of hydrogen-bond acceptors (Lipinski definition) is 4. The van der Waals surface area contributed by atoms with Crippen LogP contribution in [0.2, 0.25) is 0 Å². The Morgan fingerprint density at radius 1 is 0.962 bits per heavy atom. The number of methoxy groups -OCH3 is 2. The van der Waals surface area contributed by atoms with Crippen LogP contribution in [0.1, 0.15) is 36.0 Å². The predicted molar refractivity (Wildman–Crippen MR) is 105 cm³/mol. The van der Waals surface area contributed by atoms with Gasteiger partial charge in [0.2, 0.25) is 0 Å². The van der Waals surface area contributed by atoms with Gasteiger partial charge in [0, 0.05) is 18.9 Å². The van der Waals surface area contributed by atoms with E-state index in [9.17, 15) is 4.79 Å². The Labute approximate surface area is 156 Å². The summed E-state index contributed by atoms with van der Waals surface area (Å²) in [6, 6.07) is 14.1. The van der Waals surface area contributed by atoms with E-state index in [4.69, 9.17) is 15.2 Å². The second-order valence-corrected chi connectivity index (χ2v) is 6.72. The fourth-order valence-electron chi connectivity index (χ4n) is 2.92. The van der Waals surface area contributed by atoms with Crippen LogP contribution in [-0.2, 0) is 17.6 Å². The van der Waals surface area contributed by atoms with Gasteiger partial charge >= 0.3 is 0 Å². The first-order valence-corrected chi connectivity index (χ1v) is 9.05. The van der Waals surface area contributed by atoms with Crippen molar-refractivity contribution in [1.82, 2.24) is 0 Å². The van der Waals surface area contributed by atoms with Crippen LogP contribution < -0.4 is 15.2 Å². The van der Waals surface area contributed by atoms with Crippen molar-refractivity contribution >= 4 is 5.78 Å². The van der Waals surface area contributed by atoms with Gasteiger partial charge in [-0.1, -0.05) is 35.9 Å². The lowest BCUT2D eigenvalue weighted by molar-refractivity contribution is -0.119. The minimum atomic E-state index is -0.0450. The van der Waals surface area contributed by atoms with Crippen molar-refractivity contribution in [2.75, 3.05) is 14.2 Å². The third-order valence-electron chi connectivity index (χ3n) is 4.55. The van der Waals surface area contributed by atoms with Crippen molar-refractivity contribution in [1.29, 1.82) is 0 Å². The summed E-state index contributed by atoms with van der Waals surface area (Å²) in [4.78, 5) is 12.1. The molecular weight excluding hydrogens is 326 g/mol. The molecule has 1 atom stereocenters. The number of ketones is 1. The number of Topliss-reactive ketones (excluding diaryl/α,β-unsaturated/α-hetero) is 1. The van der Waals surface area contributed by atoms with Gasteiger partial charge < -0.3 is 15.2 Å². The number of carbonyl (C=O) groups is 1. The third kappa shape index (κ3) is 6.19. The highest BCUT2D eigenvalue weighted by Gasteiger charge is 2.11. The van der Waals surface area contributed by atoms with E-state index < -0.39 is 0 Å². The zero-order valence-electron chi connectivity index (χ0n) is 16.0. The summed E-state index contributed by atoms with van der Waals surface area (Å²) in [5.41, 5.74) is 9.75. The zero-order chi connectivity index (χ0) is 18.9. The number of aryl methyl sites for hydroxylation is 2. The predicted octanol–water partition coefficient (Wildman–Crippen LogP) is 3.86. The number of carbonyl (C=O) groups excluding carboxylic acids is 1. The van der Waals surface area contributed by atoms with Crippen molar-refractivity contribution in [3.63, 3.8) is 0 Å². The van der Waals surface area contributed by atoms with Crippen LogP contribution in [0, 0.1) is 6.92 Å². The molecule has 4 nitrogen and oxygen atoms in total. The molecule has 0 aliphatic carbocycles. The van der Waals surface area contributed by atoms with E-state index in [1.807, 2.05) is 18.2 Å². The Balaban J connectivity index is 1.76. The maximum absolute atomic E-state index is 12.1. The van der Waals surface area contributed by atoms with Gasteiger partial charge in [-0.05, 0) is 49.4 Å². The van der Waals surface area contributed by atoms with Gasteiger partial charge in [-0.15, -0.1) is 0 Å². The minimum Gasteiger partial charge on any atom is -0.493 e. The molecule has 0 aliphatic rings. The largest absolute Gasteiger partial charge is 0.493 e. The van der Waals surface area contributed by atoms with Crippen molar-refractivity contribution in [2.24, 2.45) is 5.73 Å². The molecule has 0 saturated carbocycles. The molecule has 26 heavy (non-hydrogen) atoms. The molecule has 2 aromatic rings. The maximum atomic E-state index is 12.1. The van der Waals surface area contributed by atoms with Crippen LogP contribution in [-0.4, -0.2) is 26.0 Å². The molecule has 2 N–H and O–H groups in total. The van der Waals surface area contributed by atoms with E-state index in [1.165, 1.54) is 11.1 Å². The molecule has 0 radical (unpaired) electrons. The highest BCUT2D eigenvalue weighted by atomic mass is 16.5.